The standard InChI is InChI=1S/C16H22N6O/c23-16(21-8-2-1-3-9-21)13-6-10-20(11-7-13)15-5-4-14-18-17-12-22(14)19-15/h4-5,12-13H,1-3,6-11H2. The molecule has 0 unspecified atom stereocenters. The molecule has 0 radical (unpaired) electrons. The van der Waals surface area contributed by atoms with Gasteiger partial charge in [-0.1, -0.05) is 0 Å². The van der Waals surface area contributed by atoms with Crippen LogP contribution in [-0.2, 0) is 4.79 Å². The predicted octanol–water partition coefficient (Wildman–Crippen LogP) is 1.35. The quantitative estimate of drug-likeness (QED) is 0.837. The monoisotopic (exact) mass is 314 g/mol. The molecule has 2 fully saturated rings. The summed E-state index contributed by atoms with van der Waals surface area (Å²) < 4.78 is 1.69. The van der Waals surface area contributed by atoms with Crippen molar-refractivity contribution in [1.82, 2.24) is 24.7 Å². The van der Waals surface area contributed by atoms with Crippen LogP contribution in [-0.4, -0.2) is 56.8 Å². The van der Waals surface area contributed by atoms with Gasteiger partial charge in [-0.05, 0) is 44.2 Å². The van der Waals surface area contributed by atoms with Crippen molar-refractivity contribution in [3.63, 3.8) is 0 Å². The third-order valence-electron chi connectivity index (χ3n) is 4.98. The first-order chi connectivity index (χ1) is 11.3. The van der Waals surface area contributed by atoms with E-state index in [9.17, 15) is 4.79 Å². The average molecular weight is 314 g/mol. The van der Waals surface area contributed by atoms with Crippen LogP contribution in [0.5, 0.6) is 0 Å². The Bertz CT molecular complexity index is 685. The van der Waals surface area contributed by atoms with Gasteiger partial charge in [0, 0.05) is 32.1 Å². The van der Waals surface area contributed by atoms with Crippen molar-refractivity contribution >= 4 is 17.4 Å². The smallest absolute Gasteiger partial charge is 0.225 e. The predicted molar refractivity (Wildman–Crippen MR) is 86.2 cm³/mol. The van der Waals surface area contributed by atoms with Crippen LogP contribution in [0.15, 0.2) is 18.5 Å². The van der Waals surface area contributed by atoms with E-state index in [0.717, 1.165) is 63.3 Å². The van der Waals surface area contributed by atoms with Crippen molar-refractivity contribution in [2.24, 2.45) is 5.92 Å². The normalized spacial score (nSPS) is 20.2. The summed E-state index contributed by atoms with van der Waals surface area (Å²) in [5.74, 6) is 1.48. The molecule has 0 aliphatic carbocycles. The van der Waals surface area contributed by atoms with E-state index in [1.165, 1.54) is 6.42 Å². The zero-order valence-electron chi connectivity index (χ0n) is 13.3. The molecule has 2 aliphatic rings. The number of carbonyl (C=O) groups is 1. The van der Waals surface area contributed by atoms with Gasteiger partial charge in [-0.15, -0.1) is 15.3 Å². The maximum absolute atomic E-state index is 12.6. The van der Waals surface area contributed by atoms with Crippen LogP contribution in [0, 0.1) is 5.92 Å². The highest BCUT2D eigenvalue weighted by Crippen LogP contribution is 2.24. The first-order valence-corrected chi connectivity index (χ1v) is 8.52. The molecule has 2 aromatic heterocycles. The van der Waals surface area contributed by atoms with Crippen LogP contribution in [0.1, 0.15) is 32.1 Å². The Kier molecular flexibility index (Phi) is 3.85. The Morgan fingerprint density at radius 1 is 1.04 bits per heavy atom. The van der Waals surface area contributed by atoms with Crippen molar-refractivity contribution < 1.29 is 4.79 Å². The lowest BCUT2D eigenvalue weighted by molar-refractivity contribution is -0.137. The molecule has 0 bridgehead atoms. The van der Waals surface area contributed by atoms with Crippen molar-refractivity contribution in [2.45, 2.75) is 32.1 Å². The van der Waals surface area contributed by atoms with Gasteiger partial charge in [-0.3, -0.25) is 4.79 Å². The molecule has 0 aromatic carbocycles. The third-order valence-corrected chi connectivity index (χ3v) is 4.98. The molecule has 0 saturated carbocycles. The van der Waals surface area contributed by atoms with Crippen LogP contribution in [0.25, 0.3) is 5.65 Å². The molecule has 2 saturated heterocycles. The second-order valence-electron chi connectivity index (χ2n) is 6.47. The number of carbonyl (C=O) groups excluding carboxylic acids is 1. The molecule has 4 heterocycles. The van der Waals surface area contributed by atoms with Crippen molar-refractivity contribution in [1.29, 1.82) is 0 Å². The van der Waals surface area contributed by atoms with Crippen molar-refractivity contribution in [2.75, 3.05) is 31.1 Å². The number of fused-ring (bicyclic) bond motifs is 1. The van der Waals surface area contributed by atoms with Gasteiger partial charge in [-0.2, -0.15) is 4.52 Å². The number of piperidine rings is 2. The SMILES string of the molecule is O=C(C1CCN(c2ccc3nncn3n2)CC1)N1CCCCC1. The fraction of sp³-hybridized carbons (Fsp3) is 0.625. The highest BCUT2D eigenvalue weighted by atomic mass is 16.2. The molecule has 0 atom stereocenters. The maximum atomic E-state index is 12.6. The number of aromatic nitrogens is 4. The number of anilines is 1. The summed E-state index contributed by atoms with van der Waals surface area (Å²) in [7, 11) is 0. The highest BCUT2D eigenvalue weighted by molar-refractivity contribution is 5.79. The molecular weight excluding hydrogens is 292 g/mol. The topological polar surface area (TPSA) is 66.6 Å². The second kappa shape index (κ2) is 6.14. The van der Waals surface area contributed by atoms with E-state index in [1.807, 2.05) is 12.1 Å². The first-order valence-electron chi connectivity index (χ1n) is 8.52. The number of hydrogen-bond acceptors (Lipinski definition) is 5. The summed E-state index contributed by atoms with van der Waals surface area (Å²) in [5, 5.41) is 12.4. The fourth-order valence-electron chi connectivity index (χ4n) is 3.62. The zero-order chi connectivity index (χ0) is 15.6. The fourth-order valence-corrected chi connectivity index (χ4v) is 3.62. The van der Waals surface area contributed by atoms with Crippen LogP contribution in [0.2, 0.25) is 0 Å². The molecule has 2 aromatic rings. The molecule has 7 nitrogen and oxygen atoms in total. The molecule has 2 aliphatic heterocycles. The summed E-state index contributed by atoms with van der Waals surface area (Å²) in [6.07, 6.45) is 7.03. The van der Waals surface area contributed by atoms with E-state index >= 15 is 0 Å². The summed E-state index contributed by atoms with van der Waals surface area (Å²) in [6, 6.07) is 3.91. The largest absolute Gasteiger partial charge is 0.355 e. The Morgan fingerprint density at radius 3 is 2.61 bits per heavy atom. The van der Waals surface area contributed by atoms with E-state index in [0.29, 0.717) is 5.91 Å². The first kappa shape index (κ1) is 14.4. The second-order valence-corrected chi connectivity index (χ2v) is 6.47. The number of hydrogen-bond donors (Lipinski definition) is 0. The zero-order valence-corrected chi connectivity index (χ0v) is 13.3. The Hall–Kier alpha value is -2.18. The lowest BCUT2D eigenvalue weighted by Crippen LogP contribution is -2.44. The van der Waals surface area contributed by atoms with Gasteiger partial charge in [0.05, 0.1) is 0 Å². The molecule has 0 spiro atoms. The summed E-state index contributed by atoms with van der Waals surface area (Å²) >= 11 is 0. The molecule has 23 heavy (non-hydrogen) atoms. The number of nitrogens with zero attached hydrogens (tertiary/aromatic N) is 6. The Morgan fingerprint density at radius 2 is 1.83 bits per heavy atom. The van der Waals surface area contributed by atoms with Crippen molar-refractivity contribution in [3.8, 4) is 0 Å². The van der Waals surface area contributed by atoms with Gasteiger partial charge in [0.25, 0.3) is 0 Å². The van der Waals surface area contributed by atoms with E-state index < -0.39 is 0 Å². The summed E-state index contributed by atoms with van der Waals surface area (Å²) in [4.78, 5) is 16.9. The molecule has 0 N–H and O–H groups in total. The van der Waals surface area contributed by atoms with Crippen LogP contribution in [0.4, 0.5) is 5.82 Å². The summed E-state index contributed by atoms with van der Waals surface area (Å²) in [6.45, 7) is 3.66. The molecule has 4 rings (SSSR count). The minimum absolute atomic E-state index is 0.183. The van der Waals surface area contributed by atoms with E-state index in [4.69, 9.17) is 0 Å². The molecule has 1 amide bonds. The molecule has 7 heteroatoms. The van der Waals surface area contributed by atoms with Gasteiger partial charge in [0.15, 0.2) is 5.65 Å². The minimum Gasteiger partial charge on any atom is -0.355 e. The molecule has 122 valence electrons. The average Bonchev–Trinajstić information content (AvgIpc) is 3.10. The van der Waals surface area contributed by atoms with Crippen molar-refractivity contribution in [3.05, 3.63) is 18.5 Å². The third kappa shape index (κ3) is 2.87. The summed E-state index contributed by atoms with van der Waals surface area (Å²) in [5.41, 5.74) is 0.754. The van der Waals surface area contributed by atoms with Crippen LogP contribution < -0.4 is 4.90 Å². The number of rotatable bonds is 2. The van der Waals surface area contributed by atoms with Gasteiger partial charge in [0.1, 0.15) is 12.1 Å². The van der Waals surface area contributed by atoms with Gasteiger partial charge >= 0.3 is 0 Å². The van der Waals surface area contributed by atoms with E-state index in [1.54, 1.807) is 10.8 Å². The van der Waals surface area contributed by atoms with E-state index in [2.05, 4.69) is 25.1 Å². The Balaban J connectivity index is 1.39. The van der Waals surface area contributed by atoms with Gasteiger partial charge in [0.2, 0.25) is 5.91 Å². The molecular formula is C16H22N6O. The van der Waals surface area contributed by atoms with Crippen LogP contribution in [0.3, 0.4) is 0 Å². The minimum atomic E-state index is 0.183. The lowest BCUT2D eigenvalue weighted by atomic mass is 9.94. The lowest BCUT2D eigenvalue weighted by Gasteiger charge is -2.36. The Labute approximate surface area is 135 Å². The maximum Gasteiger partial charge on any atom is 0.225 e. The van der Waals surface area contributed by atoms with Gasteiger partial charge < -0.3 is 9.80 Å². The van der Waals surface area contributed by atoms with E-state index in [-0.39, 0.29) is 5.92 Å². The van der Waals surface area contributed by atoms with Gasteiger partial charge in [-0.25, -0.2) is 0 Å². The van der Waals surface area contributed by atoms with Crippen LogP contribution >= 0.6 is 0 Å². The number of likely N-dealkylation sites (tertiary alicyclic amines) is 1. The highest BCUT2D eigenvalue weighted by Gasteiger charge is 2.29. The number of amides is 1.